The monoisotopic (exact) mass is 375 g/mol. The number of aromatic nitrogens is 1. The Morgan fingerprint density at radius 2 is 2.12 bits per heavy atom. The average Bonchev–Trinajstić information content (AvgIpc) is 3.18. The third kappa shape index (κ3) is 4.15. The second kappa shape index (κ2) is 7.23. The fourth-order valence-electron chi connectivity index (χ4n) is 3.08. The summed E-state index contributed by atoms with van der Waals surface area (Å²) in [6, 6.07) is 5.72. The lowest BCUT2D eigenvalue weighted by Crippen LogP contribution is -2.42. The molecule has 2 amide bonds. The molecule has 2 aromatic rings. The first-order valence-electron chi connectivity index (χ1n) is 8.70. The second-order valence-corrected chi connectivity index (χ2v) is 8.41. The van der Waals surface area contributed by atoms with Gasteiger partial charge in [0.25, 0.3) is 5.91 Å². The largest absolute Gasteiger partial charge is 0.444 e. The molecule has 1 aliphatic rings. The number of rotatable bonds is 3. The molecule has 1 fully saturated rings. The van der Waals surface area contributed by atoms with Crippen molar-refractivity contribution in [3.05, 3.63) is 30.0 Å². The topological polar surface area (TPSA) is 74.4 Å². The van der Waals surface area contributed by atoms with Crippen LogP contribution >= 0.6 is 11.8 Å². The number of ether oxygens (including phenoxy) is 1. The van der Waals surface area contributed by atoms with Crippen molar-refractivity contribution in [1.29, 1.82) is 0 Å². The summed E-state index contributed by atoms with van der Waals surface area (Å²) in [5, 5.41) is 3.90. The highest BCUT2D eigenvalue weighted by molar-refractivity contribution is 7.98. The van der Waals surface area contributed by atoms with Crippen LogP contribution in [0.3, 0.4) is 0 Å². The molecule has 0 saturated carbocycles. The lowest BCUT2D eigenvalue weighted by Gasteiger charge is -2.22. The molecule has 2 heterocycles. The number of fused-ring (bicyclic) bond motifs is 1. The Bertz CT molecular complexity index is 825. The normalized spacial score (nSPS) is 17.5. The summed E-state index contributed by atoms with van der Waals surface area (Å²) in [5.41, 5.74) is 1.26. The number of alkyl carbamates (subject to hydrolysis) is 1. The van der Waals surface area contributed by atoms with E-state index >= 15 is 0 Å². The summed E-state index contributed by atoms with van der Waals surface area (Å²) in [6.45, 7) is 6.72. The minimum absolute atomic E-state index is 0.0328. The highest BCUT2D eigenvalue weighted by Crippen LogP contribution is 2.27. The number of benzene rings is 1. The molecule has 1 unspecified atom stereocenters. The SMILES string of the molecule is CSc1c[nH]c2cc(C(=O)N3CCC(OC(=O)NC(C)(C)C)C3)ccc12. The van der Waals surface area contributed by atoms with Crippen molar-refractivity contribution in [2.75, 3.05) is 19.3 Å². The summed E-state index contributed by atoms with van der Waals surface area (Å²) in [4.78, 5) is 30.8. The molecule has 3 rings (SSSR count). The minimum Gasteiger partial charge on any atom is -0.444 e. The molecule has 0 bridgehead atoms. The fraction of sp³-hybridized carbons (Fsp3) is 0.474. The Morgan fingerprint density at radius 3 is 2.81 bits per heavy atom. The van der Waals surface area contributed by atoms with Gasteiger partial charge in [-0.1, -0.05) is 6.07 Å². The standard InChI is InChI=1S/C19H25N3O3S/c1-19(2,3)21-18(24)25-13-7-8-22(11-13)17(23)12-5-6-14-15(9-12)20-10-16(14)26-4/h5-6,9-10,13,20H,7-8,11H2,1-4H3,(H,21,24). The number of H-pyrrole nitrogens is 1. The van der Waals surface area contributed by atoms with Crippen molar-refractivity contribution in [1.82, 2.24) is 15.2 Å². The van der Waals surface area contributed by atoms with E-state index in [0.717, 1.165) is 10.9 Å². The molecule has 0 aliphatic carbocycles. The molecule has 140 valence electrons. The van der Waals surface area contributed by atoms with Crippen molar-refractivity contribution < 1.29 is 14.3 Å². The van der Waals surface area contributed by atoms with Crippen molar-refractivity contribution in [2.45, 2.75) is 43.7 Å². The fourth-order valence-corrected chi connectivity index (χ4v) is 3.65. The molecule has 0 radical (unpaired) electrons. The molecule has 1 aromatic carbocycles. The van der Waals surface area contributed by atoms with Gasteiger partial charge in [-0.2, -0.15) is 0 Å². The lowest BCUT2D eigenvalue weighted by atomic mass is 10.1. The number of thioether (sulfide) groups is 1. The van der Waals surface area contributed by atoms with Crippen molar-refractivity contribution in [3.63, 3.8) is 0 Å². The Morgan fingerprint density at radius 1 is 1.35 bits per heavy atom. The number of nitrogens with one attached hydrogen (secondary N) is 2. The summed E-state index contributed by atoms with van der Waals surface area (Å²) in [6.07, 6.45) is 3.94. The van der Waals surface area contributed by atoms with E-state index in [9.17, 15) is 9.59 Å². The van der Waals surface area contributed by atoms with Crippen LogP contribution in [-0.2, 0) is 4.74 Å². The minimum atomic E-state index is -0.436. The van der Waals surface area contributed by atoms with E-state index in [4.69, 9.17) is 4.74 Å². The number of likely N-dealkylation sites (tertiary alicyclic amines) is 1. The van der Waals surface area contributed by atoms with E-state index in [1.165, 1.54) is 4.90 Å². The van der Waals surface area contributed by atoms with Gasteiger partial charge < -0.3 is 19.9 Å². The number of carbonyl (C=O) groups excluding carboxylic acids is 2. The van der Waals surface area contributed by atoms with E-state index in [1.54, 1.807) is 16.7 Å². The lowest BCUT2D eigenvalue weighted by molar-refractivity contribution is 0.0716. The molecule has 1 aromatic heterocycles. The smallest absolute Gasteiger partial charge is 0.407 e. The highest BCUT2D eigenvalue weighted by atomic mass is 32.2. The summed E-state index contributed by atoms with van der Waals surface area (Å²) < 4.78 is 5.44. The van der Waals surface area contributed by atoms with Crippen LogP contribution in [0.4, 0.5) is 4.79 Å². The van der Waals surface area contributed by atoms with Crippen LogP contribution in [0.15, 0.2) is 29.3 Å². The van der Waals surface area contributed by atoms with Gasteiger partial charge in [0.1, 0.15) is 6.10 Å². The van der Waals surface area contributed by atoms with Gasteiger partial charge in [-0.25, -0.2) is 4.79 Å². The van der Waals surface area contributed by atoms with Crippen molar-refractivity contribution >= 4 is 34.7 Å². The van der Waals surface area contributed by atoms with E-state index in [-0.39, 0.29) is 17.6 Å². The van der Waals surface area contributed by atoms with Crippen LogP contribution < -0.4 is 5.32 Å². The van der Waals surface area contributed by atoms with Gasteiger partial charge in [0.2, 0.25) is 0 Å². The predicted octanol–water partition coefficient (Wildman–Crippen LogP) is 3.63. The second-order valence-electron chi connectivity index (χ2n) is 7.56. The van der Waals surface area contributed by atoms with Crippen LogP contribution in [0.25, 0.3) is 10.9 Å². The number of nitrogens with zero attached hydrogens (tertiary/aromatic N) is 1. The Balaban J connectivity index is 1.63. The molecule has 2 N–H and O–H groups in total. The molecular formula is C19H25N3O3S. The van der Waals surface area contributed by atoms with Crippen molar-refractivity contribution in [3.8, 4) is 0 Å². The summed E-state index contributed by atoms with van der Waals surface area (Å²) >= 11 is 1.67. The zero-order valence-corrected chi connectivity index (χ0v) is 16.4. The highest BCUT2D eigenvalue weighted by Gasteiger charge is 2.30. The van der Waals surface area contributed by atoms with E-state index in [1.807, 2.05) is 51.4 Å². The quantitative estimate of drug-likeness (QED) is 0.804. The number of hydrogen-bond acceptors (Lipinski definition) is 4. The first-order valence-corrected chi connectivity index (χ1v) is 9.92. The first kappa shape index (κ1) is 18.6. The van der Waals surface area contributed by atoms with Crippen LogP contribution in [0.1, 0.15) is 37.6 Å². The number of hydrogen-bond donors (Lipinski definition) is 2. The van der Waals surface area contributed by atoms with Crippen LogP contribution in [0.2, 0.25) is 0 Å². The molecule has 0 spiro atoms. The van der Waals surface area contributed by atoms with Gasteiger partial charge in [0.15, 0.2) is 0 Å². The third-order valence-electron chi connectivity index (χ3n) is 4.29. The molecule has 7 heteroatoms. The van der Waals surface area contributed by atoms with Gasteiger partial charge in [-0.15, -0.1) is 11.8 Å². The zero-order valence-electron chi connectivity index (χ0n) is 15.6. The molecular weight excluding hydrogens is 350 g/mol. The zero-order chi connectivity index (χ0) is 18.9. The maximum absolute atomic E-state index is 12.8. The van der Waals surface area contributed by atoms with E-state index in [0.29, 0.717) is 25.1 Å². The van der Waals surface area contributed by atoms with Crippen LogP contribution in [0, 0.1) is 0 Å². The number of amides is 2. The molecule has 1 atom stereocenters. The van der Waals surface area contributed by atoms with Gasteiger partial charge in [-0.3, -0.25) is 4.79 Å². The van der Waals surface area contributed by atoms with Gasteiger partial charge in [0.05, 0.1) is 6.54 Å². The van der Waals surface area contributed by atoms with Crippen molar-refractivity contribution in [2.24, 2.45) is 0 Å². The van der Waals surface area contributed by atoms with Gasteiger partial charge >= 0.3 is 6.09 Å². The Kier molecular flexibility index (Phi) is 5.18. The Hall–Kier alpha value is -2.15. The molecule has 6 nitrogen and oxygen atoms in total. The molecule has 1 saturated heterocycles. The van der Waals surface area contributed by atoms with E-state index in [2.05, 4.69) is 10.3 Å². The molecule has 1 aliphatic heterocycles. The number of aromatic amines is 1. The van der Waals surface area contributed by atoms with Gasteiger partial charge in [0, 0.05) is 46.1 Å². The predicted molar refractivity (Wildman–Crippen MR) is 104 cm³/mol. The summed E-state index contributed by atoms with van der Waals surface area (Å²) in [7, 11) is 0. The van der Waals surface area contributed by atoms with E-state index < -0.39 is 6.09 Å². The Labute approximate surface area is 157 Å². The average molecular weight is 375 g/mol. The third-order valence-corrected chi connectivity index (χ3v) is 5.07. The maximum atomic E-state index is 12.8. The maximum Gasteiger partial charge on any atom is 0.407 e. The summed E-state index contributed by atoms with van der Waals surface area (Å²) in [5.74, 6) is -0.0328. The number of carbonyl (C=O) groups is 2. The first-order chi connectivity index (χ1) is 12.3. The van der Waals surface area contributed by atoms with Crippen LogP contribution in [0.5, 0.6) is 0 Å². The van der Waals surface area contributed by atoms with Gasteiger partial charge in [-0.05, 0) is 39.2 Å². The molecule has 26 heavy (non-hydrogen) atoms. The van der Waals surface area contributed by atoms with Crippen LogP contribution in [-0.4, -0.2) is 52.9 Å².